The first-order chi connectivity index (χ1) is 8.61. The fraction of sp³-hybridized carbons (Fsp3) is 0.333. The van der Waals surface area contributed by atoms with Crippen molar-refractivity contribution in [3.63, 3.8) is 0 Å². The molecule has 0 fully saturated rings. The maximum Gasteiger partial charge on any atom is 0.105 e. The minimum atomic E-state index is 0.589. The number of benzene rings is 1. The summed E-state index contributed by atoms with van der Waals surface area (Å²) in [7, 11) is 2.09. The van der Waals surface area contributed by atoms with Crippen LogP contribution in [0.2, 0.25) is 0 Å². The third kappa shape index (κ3) is 2.57. The van der Waals surface area contributed by atoms with Crippen LogP contribution >= 0.6 is 0 Å². The van der Waals surface area contributed by atoms with Crippen LogP contribution in [0.3, 0.4) is 0 Å². The summed E-state index contributed by atoms with van der Waals surface area (Å²) in [5, 5.41) is 0. The van der Waals surface area contributed by atoms with Crippen molar-refractivity contribution in [3.8, 4) is 0 Å². The fourth-order valence-corrected chi connectivity index (χ4v) is 2.19. The van der Waals surface area contributed by atoms with Gasteiger partial charge in [0.05, 0.1) is 6.26 Å². The summed E-state index contributed by atoms with van der Waals surface area (Å²) in [4.78, 5) is 2.23. The molecule has 1 aromatic carbocycles. The van der Waals surface area contributed by atoms with E-state index in [2.05, 4.69) is 37.1 Å². The highest BCUT2D eigenvalue weighted by molar-refractivity contribution is 5.54. The average molecular weight is 244 g/mol. The van der Waals surface area contributed by atoms with Gasteiger partial charge >= 0.3 is 0 Å². The predicted molar refractivity (Wildman–Crippen MR) is 74.6 cm³/mol. The van der Waals surface area contributed by atoms with Crippen LogP contribution in [0.4, 0.5) is 5.69 Å². The van der Waals surface area contributed by atoms with Gasteiger partial charge in [-0.3, -0.25) is 0 Å². The molecule has 2 N–H and O–H groups in total. The third-order valence-electron chi connectivity index (χ3n) is 3.28. The van der Waals surface area contributed by atoms with Crippen LogP contribution in [0.1, 0.15) is 22.5 Å². The zero-order chi connectivity index (χ0) is 13.1. The maximum absolute atomic E-state index is 5.65. The van der Waals surface area contributed by atoms with Gasteiger partial charge in [-0.25, -0.2) is 0 Å². The molecule has 0 bridgehead atoms. The van der Waals surface area contributed by atoms with Gasteiger partial charge in [0, 0.05) is 31.4 Å². The Hall–Kier alpha value is -1.74. The first-order valence-corrected chi connectivity index (χ1v) is 6.15. The van der Waals surface area contributed by atoms with Crippen LogP contribution in [0.5, 0.6) is 0 Å². The lowest BCUT2D eigenvalue weighted by atomic mass is 10.1. The lowest BCUT2D eigenvalue weighted by molar-refractivity contribution is 0.529. The molecular formula is C15H20N2O. The Morgan fingerprint density at radius 2 is 2.00 bits per heavy atom. The number of anilines is 1. The summed E-state index contributed by atoms with van der Waals surface area (Å²) in [6.45, 7) is 5.55. The Bertz CT molecular complexity index is 531. The number of hydrogen-bond donors (Lipinski definition) is 1. The third-order valence-corrected chi connectivity index (χ3v) is 3.28. The molecule has 0 aliphatic rings. The van der Waals surface area contributed by atoms with Crippen molar-refractivity contribution in [2.75, 3.05) is 11.9 Å². The quantitative estimate of drug-likeness (QED) is 0.899. The molecular weight excluding hydrogens is 224 g/mol. The molecule has 1 heterocycles. The lowest BCUT2D eigenvalue weighted by Gasteiger charge is -2.21. The summed E-state index contributed by atoms with van der Waals surface area (Å²) in [5.74, 6) is 0.984. The number of furan rings is 1. The highest BCUT2D eigenvalue weighted by Gasteiger charge is 2.08. The van der Waals surface area contributed by atoms with E-state index in [1.807, 2.05) is 13.0 Å². The van der Waals surface area contributed by atoms with Gasteiger partial charge in [0.15, 0.2) is 0 Å². The molecule has 3 nitrogen and oxygen atoms in total. The summed E-state index contributed by atoms with van der Waals surface area (Å²) < 4.78 is 5.32. The van der Waals surface area contributed by atoms with Crippen molar-refractivity contribution in [1.82, 2.24) is 0 Å². The minimum absolute atomic E-state index is 0.589. The second kappa shape index (κ2) is 5.27. The smallest absolute Gasteiger partial charge is 0.105 e. The Morgan fingerprint density at radius 3 is 2.56 bits per heavy atom. The lowest BCUT2D eigenvalue weighted by Crippen LogP contribution is -2.17. The first-order valence-electron chi connectivity index (χ1n) is 6.15. The monoisotopic (exact) mass is 244 g/mol. The number of nitrogens with two attached hydrogens (primary N) is 1. The Labute approximate surface area is 108 Å². The normalized spacial score (nSPS) is 10.7. The molecule has 18 heavy (non-hydrogen) atoms. The molecule has 3 heteroatoms. The first kappa shape index (κ1) is 12.7. The number of hydrogen-bond acceptors (Lipinski definition) is 3. The van der Waals surface area contributed by atoms with Gasteiger partial charge in [0.25, 0.3) is 0 Å². The molecule has 2 rings (SSSR count). The van der Waals surface area contributed by atoms with Crippen molar-refractivity contribution in [3.05, 3.63) is 53.0 Å². The van der Waals surface area contributed by atoms with Crippen molar-refractivity contribution < 1.29 is 4.42 Å². The summed E-state index contributed by atoms with van der Waals surface area (Å²) in [5.41, 5.74) is 10.5. The van der Waals surface area contributed by atoms with Crippen LogP contribution in [0.15, 0.2) is 34.9 Å². The van der Waals surface area contributed by atoms with Gasteiger partial charge in [-0.15, -0.1) is 0 Å². The van der Waals surface area contributed by atoms with E-state index in [4.69, 9.17) is 10.2 Å². The van der Waals surface area contributed by atoms with Crippen LogP contribution < -0.4 is 10.6 Å². The molecule has 2 aromatic rings. The van der Waals surface area contributed by atoms with Crippen LogP contribution in [-0.2, 0) is 13.1 Å². The van der Waals surface area contributed by atoms with Crippen molar-refractivity contribution in [1.29, 1.82) is 0 Å². The maximum atomic E-state index is 5.65. The van der Waals surface area contributed by atoms with Crippen LogP contribution in [0.25, 0.3) is 0 Å². The molecule has 0 aliphatic heterocycles. The molecule has 0 saturated heterocycles. The summed E-state index contributed by atoms with van der Waals surface area (Å²) in [6, 6.07) is 8.39. The van der Waals surface area contributed by atoms with Gasteiger partial charge < -0.3 is 15.1 Å². The van der Waals surface area contributed by atoms with Gasteiger partial charge in [-0.1, -0.05) is 12.1 Å². The van der Waals surface area contributed by atoms with Gasteiger partial charge in [0.1, 0.15) is 5.76 Å². The van der Waals surface area contributed by atoms with E-state index in [1.165, 1.54) is 22.4 Å². The van der Waals surface area contributed by atoms with E-state index in [1.54, 1.807) is 6.26 Å². The molecule has 0 spiro atoms. The van der Waals surface area contributed by atoms with Crippen LogP contribution in [0, 0.1) is 13.8 Å². The van der Waals surface area contributed by atoms with E-state index in [9.17, 15) is 0 Å². The van der Waals surface area contributed by atoms with Gasteiger partial charge in [-0.2, -0.15) is 0 Å². The van der Waals surface area contributed by atoms with Gasteiger partial charge in [-0.05, 0) is 37.1 Å². The second-order valence-corrected chi connectivity index (χ2v) is 4.68. The average Bonchev–Trinajstić information content (AvgIpc) is 2.74. The summed E-state index contributed by atoms with van der Waals surface area (Å²) >= 11 is 0. The van der Waals surface area contributed by atoms with E-state index < -0.39 is 0 Å². The fourth-order valence-electron chi connectivity index (χ4n) is 2.19. The van der Waals surface area contributed by atoms with E-state index in [-0.39, 0.29) is 0 Å². The molecule has 0 saturated carbocycles. The molecule has 0 radical (unpaired) electrons. The van der Waals surface area contributed by atoms with E-state index in [0.29, 0.717) is 6.54 Å². The van der Waals surface area contributed by atoms with Crippen LogP contribution in [-0.4, -0.2) is 7.05 Å². The van der Waals surface area contributed by atoms with Crippen molar-refractivity contribution >= 4 is 5.69 Å². The second-order valence-electron chi connectivity index (χ2n) is 4.68. The number of nitrogens with zero attached hydrogens (tertiary/aromatic N) is 1. The largest absolute Gasteiger partial charge is 0.469 e. The highest BCUT2D eigenvalue weighted by Crippen LogP contribution is 2.22. The Balaban J connectivity index is 2.19. The zero-order valence-electron chi connectivity index (χ0n) is 11.2. The Kier molecular flexibility index (Phi) is 3.72. The van der Waals surface area contributed by atoms with Gasteiger partial charge in [0.2, 0.25) is 0 Å². The molecule has 0 amide bonds. The molecule has 1 aromatic heterocycles. The highest BCUT2D eigenvalue weighted by atomic mass is 16.3. The molecule has 0 aliphatic carbocycles. The Morgan fingerprint density at radius 1 is 1.22 bits per heavy atom. The zero-order valence-corrected chi connectivity index (χ0v) is 11.2. The topological polar surface area (TPSA) is 42.4 Å². The standard InChI is InChI=1S/C15H20N2O/c1-11-8-13(9-16)4-5-15(11)17(3)10-14-6-7-18-12(14)2/h4-8H,9-10,16H2,1-3H3. The minimum Gasteiger partial charge on any atom is -0.469 e. The van der Waals surface area contributed by atoms with E-state index in [0.717, 1.165) is 12.3 Å². The van der Waals surface area contributed by atoms with Crippen molar-refractivity contribution in [2.45, 2.75) is 26.9 Å². The van der Waals surface area contributed by atoms with Crippen molar-refractivity contribution in [2.24, 2.45) is 5.73 Å². The summed E-state index contributed by atoms with van der Waals surface area (Å²) in [6.07, 6.45) is 1.74. The number of aryl methyl sites for hydroxylation is 2. The SMILES string of the molecule is Cc1cc(CN)ccc1N(C)Cc1ccoc1C. The number of rotatable bonds is 4. The molecule has 96 valence electrons. The molecule has 0 atom stereocenters. The van der Waals surface area contributed by atoms with E-state index >= 15 is 0 Å². The predicted octanol–water partition coefficient (Wildman–Crippen LogP) is 2.99. The molecule has 0 unspecified atom stereocenters.